The van der Waals surface area contributed by atoms with E-state index in [4.69, 9.17) is 16.3 Å². The second kappa shape index (κ2) is 5.92. The zero-order valence-electron chi connectivity index (χ0n) is 10.7. The molecular formula is C13H18ClNO2. The Balaban J connectivity index is 2.83. The van der Waals surface area contributed by atoms with E-state index in [1.165, 1.54) is 0 Å². The Labute approximate surface area is 107 Å². The average Bonchev–Trinajstić information content (AvgIpc) is 2.29. The summed E-state index contributed by atoms with van der Waals surface area (Å²) in [5.41, 5.74) is 2.02. The van der Waals surface area contributed by atoms with E-state index in [1.54, 1.807) is 26.0 Å². The highest BCUT2D eigenvalue weighted by atomic mass is 35.5. The van der Waals surface area contributed by atoms with E-state index in [2.05, 4.69) is 0 Å². The Morgan fingerprint density at radius 3 is 2.65 bits per heavy atom. The number of likely N-dealkylation sites (N-methyl/N-ethyl adjacent to an activating group) is 1. The number of aryl methyl sites for hydroxylation is 1. The van der Waals surface area contributed by atoms with Crippen molar-refractivity contribution in [2.24, 2.45) is 0 Å². The van der Waals surface area contributed by atoms with Crippen molar-refractivity contribution in [2.45, 2.75) is 20.3 Å². The number of hydrogen-bond acceptors (Lipinski definition) is 2. The van der Waals surface area contributed by atoms with Gasteiger partial charge in [0.15, 0.2) is 0 Å². The molecule has 0 N–H and O–H groups in total. The molecule has 0 saturated heterocycles. The number of benzene rings is 1. The second-order valence-electron chi connectivity index (χ2n) is 4.10. The fraction of sp³-hybridized carbons (Fsp3) is 0.462. The van der Waals surface area contributed by atoms with Crippen molar-refractivity contribution in [1.82, 2.24) is 4.90 Å². The summed E-state index contributed by atoms with van der Waals surface area (Å²) in [4.78, 5) is 12.8. The number of halogens is 1. The minimum atomic E-state index is 0.0576. The maximum atomic E-state index is 11.1. The smallest absolute Gasteiger partial charge is 0.219 e. The van der Waals surface area contributed by atoms with E-state index < -0.39 is 0 Å². The molecule has 0 bridgehead atoms. The molecule has 1 amide bonds. The van der Waals surface area contributed by atoms with E-state index in [0.29, 0.717) is 6.54 Å². The summed E-state index contributed by atoms with van der Waals surface area (Å²) >= 11 is 6.08. The fourth-order valence-corrected chi connectivity index (χ4v) is 1.71. The van der Waals surface area contributed by atoms with Crippen LogP contribution in [0.25, 0.3) is 0 Å². The molecular weight excluding hydrogens is 238 g/mol. The molecule has 3 nitrogen and oxygen atoms in total. The topological polar surface area (TPSA) is 29.5 Å². The van der Waals surface area contributed by atoms with E-state index in [-0.39, 0.29) is 5.91 Å². The second-order valence-corrected chi connectivity index (χ2v) is 4.51. The number of hydrogen-bond donors (Lipinski definition) is 0. The Morgan fingerprint density at radius 2 is 2.12 bits per heavy atom. The van der Waals surface area contributed by atoms with Crippen LogP contribution in [0, 0.1) is 6.92 Å². The predicted molar refractivity (Wildman–Crippen MR) is 69.8 cm³/mol. The van der Waals surface area contributed by atoms with Crippen molar-refractivity contribution in [3.05, 3.63) is 28.3 Å². The SMILES string of the molecule is COc1cc(C)c(Cl)cc1CCN(C)C(C)=O. The Bertz CT molecular complexity index is 418. The van der Waals surface area contributed by atoms with Gasteiger partial charge in [-0.1, -0.05) is 11.6 Å². The summed E-state index contributed by atoms with van der Waals surface area (Å²) in [6, 6.07) is 3.83. The predicted octanol–water partition coefficient (Wildman–Crippen LogP) is 2.68. The number of nitrogens with zero attached hydrogens (tertiary/aromatic N) is 1. The summed E-state index contributed by atoms with van der Waals surface area (Å²) in [5, 5.41) is 0.728. The van der Waals surface area contributed by atoms with Crippen molar-refractivity contribution in [3.8, 4) is 5.75 Å². The molecule has 0 radical (unpaired) electrons. The van der Waals surface area contributed by atoms with E-state index in [0.717, 1.165) is 28.3 Å². The molecule has 0 atom stereocenters. The van der Waals surface area contributed by atoms with Crippen LogP contribution in [0.15, 0.2) is 12.1 Å². The van der Waals surface area contributed by atoms with Crippen LogP contribution in [0.4, 0.5) is 0 Å². The lowest BCUT2D eigenvalue weighted by Gasteiger charge is -2.16. The van der Waals surface area contributed by atoms with Gasteiger partial charge in [0.2, 0.25) is 5.91 Å². The molecule has 0 aromatic heterocycles. The van der Waals surface area contributed by atoms with Crippen LogP contribution in [0.5, 0.6) is 5.75 Å². The molecule has 0 spiro atoms. The quantitative estimate of drug-likeness (QED) is 0.828. The first-order chi connectivity index (χ1) is 7.95. The third-order valence-electron chi connectivity index (χ3n) is 2.82. The standard InChI is InChI=1S/C13H18ClNO2/c1-9-7-13(17-4)11(8-12(9)14)5-6-15(3)10(2)16/h7-8H,5-6H2,1-4H3. The molecule has 0 aliphatic heterocycles. The van der Waals surface area contributed by atoms with Crippen LogP contribution in [0.2, 0.25) is 5.02 Å². The normalized spacial score (nSPS) is 10.2. The number of carbonyl (C=O) groups excluding carboxylic acids is 1. The summed E-state index contributed by atoms with van der Waals surface area (Å²) in [7, 11) is 3.42. The molecule has 0 heterocycles. The first-order valence-electron chi connectivity index (χ1n) is 5.50. The van der Waals surface area contributed by atoms with Crippen molar-refractivity contribution >= 4 is 17.5 Å². The fourth-order valence-electron chi connectivity index (χ4n) is 1.53. The van der Waals surface area contributed by atoms with Gasteiger partial charge in [-0.3, -0.25) is 4.79 Å². The lowest BCUT2D eigenvalue weighted by atomic mass is 10.1. The van der Waals surface area contributed by atoms with Crippen LogP contribution in [-0.4, -0.2) is 31.5 Å². The van der Waals surface area contributed by atoms with Gasteiger partial charge >= 0.3 is 0 Å². The molecule has 0 fully saturated rings. The van der Waals surface area contributed by atoms with Crippen LogP contribution >= 0.6 is 11.6 Å². The highest BCUT2D eigenvalue weighted by Gasteiger charge is 2.09. The molecule has 0 aliphatic rings. The maximum Gasteiger partial charge on any atom is 0.219 e. The average molecular weight is 256 g/mol. The summed E-state index contributed by atoms with van der Waals surface area (Å²) in [5.74, 6) is 0.881. The minimum Gasteiger partial charge on any atom is -0.496 e. The van der Waals surface area contributed by atoms with Gasteiger partial charge < -0.3 is 9.64 Å². The Kier molecular flexibility index (Phi) is 4.82. The summed E-state index contributed by atoms with van der Waals surface area (Å²) < 4.78 is 5.31. The van der Waals surface area contributed by atoms with Gasteiger partial charge in [-0.15, -0.1) is 0 Å². The zero-order chi connectivity index (χ0) is 13.0. The molecule has 4 heteroatoms. The number of methoxy groups -OCH3 is 1. The number of carbonyl (C=O) groups is 1. The molecule has 1 aromatic rings. The van der Waals surface area contributed by atoms with Gasteiger partial charge in [-0.25, -0.2) is 0 Å². The van der Waals surface area contributed by atoms with E-state index in [9.17, 15) is 4.79 Å². The van der Waals surface area contributed by atoms with Crippen molar-refractivity contribution in [1.29, 1.82) is 0 Å². The number of ether oxygens (including phenoxy) is 1. The van der Waals surface area contributed by atoms with Gasteiger partial charge in [-0.2, -0.15) is 0 Å². The Morgan fingerprint density at radius 1 is 1.47 bits per heavy atom. The lowest BCUT2D eigenvalue weighted by Crippen LogP contribution is -2.26. The molecule has 1 rings (SSSR count). The third kappa shape index (κ3) is 3.63. The molecule has 0 saturated carbocycles. The molecule has 17 heavy (non-hydrogen) atoms. The lowest BCUT2D eigenvalue weighted by molar-refractivity contribution is -0.127. The van der Waals surface area contributed by atoms with Gasteiger partial charge in [0.05, 0.1) is 7.11 Å². The van der Waals surface area contributed by atoms with Gasteiger partial charge in [-0.05, 0) is 36.6 Å². The van der Waals surface area contributed by atoms with Gasteiger partial charge in [0.1, 0.15) is 5.75 Å². The van der Waals surface area contributed by atoms with Gasteiger partial charge in [0, 0.05) is 25.5 Å². The molecule has 0 aliphatic carbocycles. The monoisotopic (exact) mass is 255 g/mol. The van der Waals surface area contributed by atoms with Crippen LogP contribution in [0.1, 0.15) is 18.1 Å². The maximum absolute atomic E-state index is 11.1. The highest BCUT2D eigenvalue weighted by Crippen LogP contribution is 2.26. The van der Waals surface area contributed by atoms with Crippen LogP contribution < -0.4 is 4.74 Å². The first kappa shape index (κ1) is 13.8. The molecule has 94 valence electrons. The minimum absolute atomic E-state index is 0.0576. The van der Waals surface area contributed by atoms with E-state index in [1.807, 2.05) is 19.1 Å². The van der Waals surface area contributed by atoms with Crippen LogP contribution in [-0.2, 0) is 11.2 Å². The summed E-state index contributed by atoms with van der Waals surface area (Å²) in [6.07, 6.45) is 0.735. The molecule has 1 aromatic carbocycles. The first-order valence-corrected chi connectivity index (χ1v) is 5.88. The van der Waals surface area contributed by atoms with Crippen molar-refractivity contribution in [3.63, 3.8) is 0 Å². The summed E-state index contributed by atoms with van der Waals surface area (Å²) in [6.45, 7) is 4.15. The highest BCUT2D eigenvalue weighted by molar-refractivity contribution is 6.31. The Hall–Kier alpha value is -1.22. The third-order valence-corrected chi connectivity index (χ3v) is 3.22. The van der Waals surface area contributed by atoms with Gasteiger partial charge in [0.25, 0.3) is 0 Å². The zero-order valence-corrected chi connectivity index (χ0v) is 11.5. The van der Waals surface area contributed by atoms with Crippen LogP contribution in [0.3, 0.4) is 0 Å². The molecule has 0 unspecified atom stereocenters. The van der Waals surface area contributed by atoms with Crippen molar-refractivity contribution in [2.75, 3.05) is 20.7 Å². The largest absolute Gasteiger partial charge is 0.496 e. The number of rotatable bonds is 4. The van der Waals surface area contributed by atoms with E-state index >= 15 is 0 Å². The van der Waals surface area contributed by atoms with Crippen molar-refractivity contribution < 1.29 is 9.53 Å². The number of amides is 1.